The summed E-state index contributed by atoms with van der Waals surface area (Å²) in [4.78, 5) is 24.9. The number of carbonyl (C=O) groups is 2. The number of nitrogens with zero attached hydrogens (tertiary/aromatic N) is 1. The summed E-state index contributed by atoms with van der Waals surface area (Å²) in [7, 11) is 0. The monoisotopic (exact) mass is 279 g/mol. The highest BCUT2D eigenvalue weighted by Gasteiger charge is 2.33. The van der Waals surface area contributed by atoms with Crippen molar-refractivity contribution in [1.82, 2.24) is 4.90 Å². The minimum atomic E-state index is -0.843. The summed E-state index contributed by atoms with van der Waals surface area (Å²) in [5.41, 5.74) is 0.0330. The molecule has 1 aliphatic rings. The molecule has 1 aliphatic heterocycles. The molecule has 20 heavy (non-hydrogen) atoms. The predicted molar refractivity (Wildman–Crippen MR) is 70.6 cm³/mol. The van der Waals surface area contributed by atoms with E-state index >= 15 is 0 Å². The van der Waals surface area contributed by atoms with Crippen molar-refractivity contribution in [2.24, 2.45) is 5.92 Å². The highest BCUT2D eigenvalue weighted by molar-refractivity contribution is 5.98. The molecule has 0 saturated carbocycles. The van der Waals surface area contributed by atoms with E-state index in [0.717, 1.165) is 0 Å². The molecule has 1 heterocycles. The van der Waals surface area contributed by atoms with Gasteiger partial charge in [-0.2, -0.15) is 0 Å². The maximum Gasteiger partial charge on any atom is 0.306 e. The van der Waals surface area contributed by atoms with Crippen molar-refractivity contribution in [3.05, 3.63) is 23.8 Å². The molecule has 0 radical (unpaired) electrons. The molecule has 0 spiro atoms. The van der Waals surface area contributed by atoms with Crippen LogP contribution in [0.1, 0.15) is 30.1 Å². The van der Waals surface area contributed by atoms with Gasteiger partial charge < -0.3 is 20.2 Å². The van der Waals surface area contributed by atoms with E-state index < -0.39 is 23.5 Å². The van der Waals surface area contributed by atoms with Crippen LogP contribution >= 0.6 is 0 Å². The van der Waals surface area contributed by atoms with Crippen LogP contribution in [0.3, 0.4) is 0 Å². The van der Waals surface area contributed by atoms with Crippen LogP contribution in [-0.2, 0) is 4.79 Å². The first-order valence-electron chi connectivity index (χ1n) is 6.46. The average molecular weight is 279 g/mol. The summed E-state index contributed by atoms with van der Waals surface area (Å²) >= 11 is 0. The fourth-order valence-corrected chi connectivity index (χ4v) is 2.56. The molecule has 1 fully saturated rings. The fraction of sp³-hybridized carbons (Fsp3) is 0.429. The number of amides is 1. The Morgan fingerprint density at radius 2 is 2.00 bits per heavy atom. The van der Waals surface area contributed by atoms with Crippen LogP contribution in [0.15, 0.2) is 18.2 Å². The highest BCUT2D eigenvalue weighted by Crippen LogP contribution is 2.31. The van der Waals surface area contributed by atoms with Crippen LogP contribution in [0.25, 0.3) is 0 Å². The van der Waals surface area contributed by atoms with E-state index in [1.54, 1.807) is 6.92 Å². The lowest BCUT2D eigenvalue weighted by molar-refractivity contribution is -0.143. The number of carbonyl (C=O) groups excluding carboxylic acids is 1. The van der Waals surface area contributed by atoms with Crippen molar-refractivity contribution >= 4 is 11.9 Å². The Labute approximate surface area is 116 Å². The number of hydrogen-bond acceptors (Lipinski definition) is 4. The molecule has 1 amide bonds. The number of hydrogen-bond donors (Lipinski definition) is 3. The van der Waals surface area contributed by atoms with E-state index in [4.69, 9.17) is 5.11 Å². The van der Waals surface area contributed by atoms with E-state index in [-0.39, 0.29) is 17.4 Å². The maximum atomic E-state index is 12.4. The van der Waals surface area contributed by atoms with Gasteiger partial charge in [-0.25, -0.2) is 0 Å². The first-order chi connectivity index (χ1) is 9.41. The van der Waals surface area contributed by atoms with Gasteiger partial charge in [0, 0.05) is 12.6 Å². The van der Waals surface area contributed by atoms with E-state index in [1.807, 2.05) is 0 Å². The Balaban J connectivity index is 2.18. The van der Waals surface area contributed by atoms with Gasteiger partial charge in [-0.05, 0) is 31.9 Å². The minimum absolute atomic E-state index is 0.0330. The van der Waals surface area contributed by atoms with Gasteiger partial charge in [-0.15, -0.1) is 0 Å². The molecule has 2 rings (SSSR count). The third-order valence-electron chi connectivity index (χ3n) is 3.73. The number of phenols is 2. The van der Waals surface area contributed by atoms with Gasteiger partial charge in [-0.3, -0.25) is 9.59 Å². The van der Waals surface area contributed by atoms with Crippen LogP contribution in [-0.4, -0.2) is 44.7 Å². The molecule has 108 valence electrons. The largest absolute Gasteiger partial charge is 0.504 e. The molecule has 0 bridgehead atoms. The molecule has 6 heteroatoms. The van der Waals surface area contributed by atoms with Crippen LogP contribution in [0.2, 0.25) is 0 Å². The molecule has 1 saturated heterocycles. The molecule has 2 unspecified atom stereocenters. The van der Waals surface area contributed by atoms with Gasteiger partial charge in [0.15, 0.2) is 11.5 Å². The predicted octanol–water partition coefficient (Wildman–Crippen LogP) is 1.42. The molecule has 1 aromatic carbocycles. The molecule has 3 N–H and O–H groups in total. The van der Waals surface area contributed by atoms with Gasteiger partial charge in [-0.1, -0.05) is 6.07 Å². The Kier molecular flexibility index (Phi) is 3.83. The summed E-state index contributed by atoms with van der Waals surface area (Å²) in [6.45, 7) is 2.11. The molecule has 2 atom stereocenters. The SMILES string of the molecule is CC1CC(C(=O)O)CCN1C(=O)c1cccc(O)c1O. The molecular weight excluding hydrogens is 262 g/mol. The Bertz CT molecular complexity index is 542. The first kappa shape index (κ1) is 14.2. The third-order valence-corrected chi connectivity index (χ3v) is 3.73. The topological polar surface area (TPSA) is 98.1 Å². The first-order valence-corrected chi connectivity index (χ1v) is 6.46. The summed E-state index contributed by atoms with van der Waals surface area (Å²) in [5, 5.41) is 28.2. The number of likely N-dealkylation sites (tertiary alicyclic amines) is 1. The number of benzene rings is 1. The lowest BCUT2D eigenvalue weighted by atomic mass is 9.91. The Morgan fingerprint density at radius 1 is 1.30 bits per heavy atom. The zero-order valence-corrected chi connectivity index (χ0v) is 11.1. The van der Waals surface area contributed by atoms with E-state index in [0.29, 0.717) is 19.4 Å². The Hall–Kier alpha value is -2.24. The van der Waals surface area contributed by atoms with Gasteiger partial charge in [0.1, 0.15) is 0 Å². The zero-order valence-electron chi connectivity index (χ0n) is 11.1. The molecule has 1 aromatic rings. The van der Waals surface area contributed by atoms with Crippen molar-refractivity contribution in [2.45, 2.75) is 25.8 Å². The number of rotatable bonds is 2. The van der Waals surface area contributed by atoms with Crippen LogP contribution < -0.4 is 0 Å². The zero-order chi connectivity index (χ0) is 14.9. The Morgan fingerprint density at radius 3 is 2.60 bits per heavy atom. The second-order valence-corrected chi connectivity index (χ2v) is 5.08. The van der Waals surface area contributed by atoms with Crippen molar-refractivity contribution in [1.29, 1.82) is 0 Å². The number of para-hydroxylation sites is 1. The van der Waals surface area contributed by atoms with Crippen molar-refractivity contribution in [2.75, 3.05) is 6.54 Å². The lowest BCUT2D eigenvalue weighted by Crippen LogP contribution is -2.46. The van der Waals surface area contributed by atoms with Crippen molar-refractivity contribution < 1.29 is 24.9 Å². The highest BCUT2D eigenvalue weighted by atomic mass is 16.4. The van der Waals surface area contributed by atoms with E-state index in [9.17, 15) is 19.8 Å². The standard InChI is InChI=1S/C14H17NO5/c1-8-7-9(14(19)20)5-6-15(8)13(18)10-3-2-4-11(16)12(10)17/h2-4,8-9,16-17H,5-7H2,1H3,(H,19,20). The summed E-state index contributed by atoms with van der Waals surface area (Å²) in [6, 6.07) is 4.00. The van der Waals surface area contributed by atoms with Crippen molar-refractivity contribution in [3.8, 4) is 11.5 Å². The second-order valence-electron chi connectivity index (χ2n) is 5.08. The maximum absolute atomic E-state index is 12.4. The number of carboxylic acid groups (broad SMARTS) is 1. The van der Waals surface area contributed by atoms with Crippen LogP contribution in [0.5, 0.6) is 11.5 Å². The molecule has 0 aliphatic carbocycles. The smallest absolute Gasteiger partial charge is 0.306 e. The van der Waals surface area contributed by atoms with Crippen LogP contribution in [0, 0.1) is 5.92 Å². The summed E-state index contributed by atoms with van der Waals surface area (Å²) in [6.07, 6.45) is 0.783. The average Bonchev–Trinajstić information content (AvgIpc) is 2.41. The minimum Gasteiger partial charge on any atom is -0.504 e. The van der Waals surface area contributed by atoms with E-state index in [2.05, 4.69) is 0 Å². The van der Waals surface area contributed by atoms with E-state index in [1.165, 1.54) is 23.1 Å². The summed E-state index contributed by atoms with van der Waals surface area (Å²) < 4.78 is 0. The number of aromatic hydroxyl groups is 2. The fourth-order valence-electron chi connectivity index (χ4n) is 2.56. The van der Waals surface area contributed by atoms with Gasteiger partial charge >= 0.3 is 5.97 Å². The van der Waals surface area contributed by atoms with Gasteiger partial charge in [0.2, 0.25) is 0 Å². The number of carboxylic acids is 1. The molecular formula is C14H17NO5. The number of phenolic OH excluding ortho intramolecular Hbond substituents is 2. The third kappa shape index (κ3) is 2.54. The lowest BCUT2D eigenvalue weighted by Gasteiger charge is -2.36. The van der Waals surface area contributed by atoms with Gasteiger partial charge in [0.05, 0.1) is 11.5 Å². The quantitative estimate of drug-likeness (QED) is 0.711. The number of piperidine rings is 1. The second kappa shape index (κ2) is 5.40. The molecule has 0 aromatic heterocycles. The van der Waals surface area contributed by atoms with Crippen molar-refractivity contribution in [3.63, 3.8) is 0 Å². The summed E-state index contributed by atoms with van der Waals surface area (Å²) in [5.74, 6) is -2.46. The van der Waals surface area contributed by atoms with Gasteiger partial charge in [0.25, 0.3) is 5.91 Å². The number of aliphatic carboxylic acids is 1. The normalized spacial score (nSPS) is 22.6. The van der Waals surface area contributed by atoms with Crippen LogP contribution in [0.4, 0.5) is 0 Å². The molecule has 6 nitrogen and oxygen atoms in total.